The Bertz CT molecular complexity index is 444. The summed E-state index contributed by atoms with van der Waals surface area (Å²) < 4.78 is 5.39. The summed E-state index contributed by atoms with van der Waals surface area (Å²) in [4.78, 5) is 18.6. The van der Waals surface area contributed by atoms with Crippen molar-refractivity contribution in [2.75, 3.05) is 6.54 Å². The van der Waals surface area contributed by atoms with Crippen molar-refractivity contribution in [3.8, 4) is 0 Å². The summed E-state index contributed by atoms with van der Waals surface area (Å²) in [6.07, 6.45) is 7.73. The number of piperidine rings is 1. The third-order valence-electron chi connectivity index (χ3n) is 3.99. The Morgan fingerprint density at radius 1 is 1.60 bits per heavy atom. The summed E-state index contributed by atoms with van der Waals surface area (Å²) in [6.45, 7) is 5.02. The monoisotopic (exact) mass is 279 g/mol. The van der Waals surface area contributed by atoms with Crippen molar-refractivity contribution < 1.29 is 9.21 Å². The number of carbonyl (C=O) groups excluding carboxylic acids is 1. The quantitative estimate of drug-likeness (QED) is 0.899. The van der Waals surface area contributed by atoms with Crippen molar-refractivity contribution in [2.24, 2.45) is 5.73 Å². The second-order valence-electron chi connectivity index (χ2n) is 5.66. The largest absolute Gasteiger partial charge is 0.446 e. The summed E-state index contributed by atoms with van der Waals surface area (Å²) in [5.41, 5.74) is 6.41. The highest BCUT2D eigenvalue weighted by Crippen LogP contribution is 2.21. The fourth-order valence-corrected chi connectivity index (χ4v) is 2.65. The van der Waals surface area contributed by atoms with Gasteiger partial charge in [-0.15, -0.1) is 0 Å². The van der Waals surface area contributed by atoms with Gasteiger partial charge in [-0.1, -0.05) is 19.8 Å². The molecule has 2 unspecified atom stereocenters. The molecular weight excluding hydrogens is 254 g/mol. The van der Waals surface area contributed by atoms with Crippen LogP contribution in [0, 0.1) is 0 Å². The Morgan fingerprint density at radius 3 is 3.10 bits per heavy atom. The number of nitrogens with two attached hydrogens (primary N) is 1. The molecule has 1 aromatic heterocycles. The first-order chi connectivity index (χ1) is 9.63. The number of unbranched alkanes of at least 4 members (excludes halogenated alkanes) is 1. The van der Waals surface area contributed by atoms with Crippen LogP contribution >= 0.6 is 0 Å². The van der Waals surface area contributed by atoms with Gasteiger partial charge < -0.3 is 15.1 Å². The maximum atomic E-state index is 12.4. The van der Waals surface area contributed by atoms with Gasteiger partial charge in [0, 0.05) is 12.6 Å². The normalized spacial score (nSPS) is 20.9. The predicted molar refractivity (Wildman–Crippen MR) is 77.3 cm³/mol. The topological polar surface area (TPSA) is 72.4 Å². The van der Waals surface area contributed by atoms with E-state index in [-0.39, 0.29) is 18.0 Å². The number of carbonyl (C=O) groups is 1. The van der Waals surface area contributed by atoms with E-state index >= 15 is 0 Å². The number of oxazole rings is 1. The molecule has 5 nitrogen and oxygen atoms in total. The molecule has 0 aromatic carbocycles. The molecule has 2 atom stereocenters. The van der Waals surface area contributed by atoms with E-state index in [1.165, 1.54) is 12.7 Å². The van der Waals surface area contributed by atoms with Gasteiger partial charge in [0.15, 0.2) is 5.69 Å². The molecule has 1 aliphatic rings. The number of amides is 1. The van der Waals surface area contributed by atoms with Crippen LogP contribution in [0.4, 0.5) is 0 Å². The van der Waals surface area contributed by atoms with Gasteiger partial charge in [-0.3, -0.25) is 4.79 Å². The van der Waals surface area contributed by atoms with Crippen LogP contribution in [-0.4, -0.2) is 28.4 Å². The molecule has 2 N–H and O–H groups in total. The third-order valence-corrected chi connectivity index (χ3v) is 3.99. The fourth-order valence-electron chi connectivity index (χ4n) is 2.65. The number of hydrogen-bond acceptors (Lipinski definition) is 4. The molecule has 0 saturated carbocycles. The van der Waals surface area contributed by atoms with Crippen molar-refractivity contribution in [3.05, 3.63) is 17.8 Å². The van der Waals surface area contributed by atoms with Gasteiger partial charge in [0.2, 0.25) is 5.89 Å². The Kier molecular flexibility index (Phi) is 5.17. The van der Waals surface area contributed by atoms with E-state index < -0.39 is 0 Å². The van der Waals surface area contributed by atoms with Crippen LogP contribution in [0.5, 0.6) is 0 Å². The van der Waals surface area contributed by atoms with Crippen molar-refractivity contribution >= 4 is 5.91 Å². The van der Waals surface area contributed by atoms with E-state index in [1.807, 2.05) is 4.90 Å². The molecule has 0 bridgehead atoms. The summed E-state index contributed by atoms with van der Waals surface area (Å²) in [5.74, 6) is 0.446. The van der Waals surface area contributed by atoms with E-state index in [0.29, 0.717) is 11.6 Å². The van der Waals surface area contributed by atoms with Crippen molar-refractivity contribution in [1.29, 1.82) is 0 Å². The molecule has 1 aromatic rings. The lowest BCUT2D eigenvalue weighted by Gasteiger charge is -2.32. The number of aromatic nitrogens is 1. The summed E-state index contributed by atoms with van der Waals surface area (Å²) in [5, 5.41) is 0. The minimum atomic E-state index is -0.213. The number of nitrogens with zero attached hydrogens (tertiary/aromatic N) is 2. The van der Waals surface area contributed by atoms with E-state index in [4.69, 9.17) is 10.2 Å². The maximum absolute atomic E-state index is 12.4. The molecule has 2 heterocycles. The molecule has 0 spiro atoms. The Balaban J connectivity index is 2.02. The minimum Gasteiger partial charge on any atom is -0.446 e. The van der Waals surface area contributed by atoms with Crippen molar-refractivity contribution in [2.45, 2.75) is 64.5 Å². The molecule has 1 fully saturated rings. The van der Waals surface area contributed by atoms with E-state index in [2.05, 4.69) is 18.8 Å². The van der Waals surface area contributed by atoms with Gasteiger partial charge in [-0.2, -0.15) is 0 Å². The summed E-state index contributed by atoms with van der Waals surface area (Å²) >= 11 is 0. The van der Waals surface area contributed by atoms with Gasteiger partial charge in [-0.25, -0.2) is 4.98 Å². The first-order valence-electron chi connectivity index (χ1n) is 7.65. The number of hydrogen-bond donors (Lipinski definition) is 1. The van der Waals surface area contributed by atoms with Crippen LogP contribution in [0.15, 0.2) is 10.7 Å². The molecular formula is C15H25N3O2. The van der Waals surface area contributed by atoms with Crippen LogP contribution in [0.25, 0.3) is 0 Å². The minimum absolute atomic E-state index is 0.0325. The zero-order valence-corrected chi connectivity index (χ0v) is 12.5. The third kappa shape index (κ3) is 3.39. The molecule has 0 radical (unpaired) electrons. The molecule has 112 valence electrons. The first kappa shape index (κ1) is 15.0. The van der Waals surface area contributed by atoms with Crippen LogP contribution in [-0.2, 0) is 0 Å². The van der Waals surface area contributed by atoms with Gasteiger partial charge in [-0.05, 0) is 32.6 Å². The second kappa shape index (κ2) is 6.88. The Hall–Kier alpha value is -1.36. The molecule has 20 heavy (non-hydrogen) atoms. The van der Waals surface area contributed by atoms with Crippen LogP contribution in [0.2, 0.25) is 0 Å². The summed E-state index contributed by atoms with van der Waals surface area (Å²) in [7, 11) is 0. The van der Waals surface area contributed by atoms with Crippen LogP contribution in [0.3, 0.4) is 0 Å². The number of rotatable bonds is 5. The van der Waals surface area contributed by atoms with E-state index in [1.54, 1.807) is 0 Å². The van der Waals surface area contributed by atoms with E-state index in [0.717, 1.165) is 38.6 Å². The lowest BCUT2D eigenvalue weighted by molar-refractivity contribution is 0.0629. The lowest BCUT2D eigenvalue weighted by atomic mass is 10.0. The van der Waals surface area contributed by atoms with E-state index in [9.17, 15) is 4.79 Å². The highest BCUT2D eigenvalue weighted by atomic mass is 16.3. The molecule has 2 rings (SSSR count). The van der Waals surface area contributed by atoms with Gasteiger partial charge in [0.05, 0.1) is 6.04 Å². The second-order valence-corrected chi connectivity index (χ2v) is 5.66. The smallest absolute Gasteiger partial charge is 0.276 e. The average molecular weight is 279 g/mol. The van der Waals surface area contributed by atoms with Gasteiger partial charge >= 0.3 is 0 Å². The Morgan fingerprint density at radius 2 is 2.40 bits per heavy atom. The Labute approximate surface area is 120 Å². The predicted octanol–water partition coefficient (Wildman–Crippen LogP) is 2.88. The van der Waals surface area contributed by atoms with Crippen LogP contribution in [0.1, 0.15) is 74.8 Å². The molecule has 5 heteroatoms. The molecule has 1 amide bonds. The highest BCUT2D eigenvalue weighted by Gasteiger charge is 2.27. The first-order valence-corrected chi connectivity index (χ1v) is 7.65. The molecule has 1 aliphatic heterocycles. The average Bonchev–Trinajstić information content (AvgIpc) is 2.94. The maximum Gasteiger partial charge on any atom is 0.276 e. The zero-order chi connectivity index (χ0) is 14.5. The highest BCUT2D eigenvalue weighted by molar-refractivity contribution is 5.92. The van der Waals surface area contributed by atoms with Gasteiger partial charge in [0.25, 0.3) is 5.91 Å². The van der Waals surface area contributed by atoms with Gasteiger partial charge in [0.1, 0.15) is 6.26 Å². The summed E-state index contributed by atoms with van der Waals surface area (Å²) in [6, 6.07) is 0.0699. The zero-order valence-electron chi connectivity index (χ0n) is 12.5. The van der Waals surface area contributed by atoms with Crippen molar-refractivity contribution in [3.63, 3.8) is 0 Å². The lowest BCUT2D eigenvalue weighted by Crippen LogP contribution is -2.42. The van der Waals surface area contributed by atoms with Crippen LogP contribution < -0.4 is 5.73 Å². The number of likely N-dealkylation sites (tertiary alicyclic amines) is 1. The standard InChI is InChI=1S/C15H25N3O2/c1-3-4-8-12(16)14-17-13(10-20-14)15(19)18-9-6-5-7-11(18)2/h10-12H,3-9,16H2,1-2H3. The fraction of sp³-hybridized carbons (Fsp3) is 0.733. The molecule has 0 aliphatic carbocycles. The molecule has 1 saturated heterocycles. The van der Waals surface area contributed by atoms with Crippen molar-refractivity contribution in [1.82, 2.24) is 9.88 Å². The SMILES string of the molecule is CCCCC(N)c1nc(C(=O)N2CCCCC2C)co1.